The van der Waals surface area contributed by atoms with Gasteiger partial charge in [0.2, 0.25) is 0 Å². The molecule has 0 aliphatic carbocycles. The maximum Gasteiger partial charge on any atom is 0.182 e. The van der Waals surface area contributed by atoms with Gasteiger partial charge in [0.05, 0.1) is 53.5 Å². The Morgan fingerprint density at radius 2 is 1.50 bits per heavy atom. The van der Waals surface area contributed by atoms with Crippen molar-refractivity contribution in [3.63, 3.8) is 0 Å². The third kappa shape index (κ3) is 4.67. The molecule has 1 aromatic carbocycles. The van der Waals surface area contributed by atoms with E-state index in [0.29, 0.717) is 46.5 Å². The molecule has 0 amide bonds. The average Bonchev–Trinajstić information content (AvgIpc) is 3.64. The molecule has 38 heavy (non-hydrogen) atoms. The Kier molecular flexibility index (Phi) is 7.46. The van der Waals surface area contributed by atoms with Crippen molar-refractivity contribution in [1.82, 2.24) is 0 Å². The summed E-state index contributed by atoms with van der Waals surface area (Å²) in [5.74, 6) is 9.72. The molecule has 11 heteroatoms. The highest BCUT2D eigenvalue weighted by Gasteiger charge is 2.34. The van der Waals surface area contributed by atoms with E-state index in [1.807, 2.05) is 10.8 Å². The van der Waals surface area contributed by atoms with E-state index in [1.54, 1.807) is 28.4 Å². The summed E-state index contributed by atoms with van der Waals surface area (Å²) in [5, 5.41) is 23.5. The van der Waals surface area contributed by atoms with Crippen LogP contribution in [0.3, 0.4) is 0 Å². The van der Waals surface area contributed by atoms with Crippen molar-refractivity contribution in [1.29, 1.82) is 0 Å². The van der Waals surface area contributed by atoms with E-state index < -0.39 is 0 Å². The lowest BCUT2D eigenvalue weighted by Crippen LogP contribution is -2.28. The normalized spacial score (nSPS) is 13.9. The number of benzene rings is 1. The van der Waals surface area contributed by atoms with Gasteiger partial charge >= 0.3 is 0 Å². The molecule has 2 N–H and O–H groups in total. The molecule has 1 aliphatic heterocycles. The first kappa shape index (κ1) is 25.9. The monoisotopic (exact) mass is 572 g/mol. The minimum Gasteiger partial charge on any atom is -0.508 e. The van der Waals surface area contributed by atoms with Gasteiger partial charge < -0.3 is 38.6 Å². The number of phenols is 2. The molecule has 0 spiro atoms. The molecule has 0 saturated heterocycles. The largest absolute Gasteiger partial charge is 0.508 e. The Hall–Kier alpha value is -3.72. The Labute approximate surface area is 231 Å². The van der Waals surface area contributed by atoms with E-state index >= 15 is 0 Å². The molecule has 0 fully saturated rings. The summed E-state index contributed by atoms with van der Waals surface area (Å²) in [6.07, 6.45) is -0.0107. The van der Waals surface area contributed by atoms with Gasteiger partial charge in [0.25, 0.3) is 0 Å². The summed E-state index contributed by atoms with van der Waals surface area (Å²) >= 11 is 4.51. The van der Waals surface area contributed by atoms with Gasteiger partial charge in [-0.25, -0.2) is 0 Å². The summed E-state index contributed by atoms with van der Waals surface area (Å²) in [4.78, 5) is 3.45. The maximum absolute atomic E-state index is 10.0. The van der Waals surface area contributed by atoms with E-state index in [2.05, 4.69) is 11.8 Å². The summed E-state index contributed by atoms with van der Waals surface area (Å²) < 4.78 is 35.1. The number of hydrogen-bond acceptors (Lipinski definition) is 11. The van der Waals surface area contributed by atoms with Gasteiger partial charge in [-0.2, -0.15) is 0 Å². The number of hydrogen-bond donors (Lipinski definition) is 2. The molecular weight excluding hydrogens is 548 g/mol. The van der Waals surface area contributed by atoms with E-state index in [-0.39, 0.29) is 24.2 Å². The lowest BCUT2D eigenvalue weighted by molar-refractivity contribution is 0.0972. The SMILES string of the molecule is COc1csc(-c2sc(-c3scc(OC)c3OC)c3c2OCC(CC#Cc2cc(O)ccc2O)O3)c1OC. The van der Waals surface area contributed by atoms with Crippen LogP contribution in [0.4, 0.5) is 0 Å². The van der Waals surface area contributed by atoms with Gasteiger partial charge in [0.1, 0.15) is 24.2 Å². The maximum atomic E-state index is 10.0. The molecule has 3 aromatic heterocycles. The van der Waals surface area contributed by atoms with Crippen LogP contribution in [0.25, 0.3) is 19.5 Å². The van der Waals surface area contributed by atoms with Crippen molar-refractivity contribution in [3.8, 4) is 77.3 Å². The summed E-state index contributed by atoms with van der Waals surface area (Å²) in [6, 6.07) is 4.23. The molecule has 4 aromatic rings. The van der Waals surface area contributed by atoms with E-state index in [0.717, 1.165) is 19.5 Å². The average molecular weight is 573 g/mol. The van der Waals surface area contributed by atoms with Crippen molar-refractivity contribution in [3.05, 3.63) is 34.5 Å². The molecule has 0 saturated carbocycles. The first-order valence-electron chi connectivity index (χ1n) is 11.4. The number of ether oxygens (including phenoxy) is 6. The molecule has 0 radical (unpaired) electrons. The molecule has 5 rings (SSSR count). The highest BCUT2D eigenvalue weighted by atomic mass is 32.1. The first-order chi connectivity index (χ1) is 18.5. The molecule has 198 valence electrons. The predicted molar refractivity (Wildman–Crippen MR) is 148 cm³/mol. The zero-order valence-electron chi connectivity index (χ0n) is 20.9. The minimum atomic E-state index is -0.358. The number of fused-ring (bicyclic) bond motifs is 1. The smallest absolute Gasteiger partial charge is 0.182 e. The molecule has 1 atom stereocenters. The van der Waals surface area contributed by atoms with Crippen molar-refractivity contribution in [2.24, 2.45) is 0 Å². The number of methoxy groups -OCH3 is 4. The van der Waals surface area contributed by atoms with Crippen LogP contribution < -0.4 is 28.4 Å². The highest BCUT2D eigenvalue weighted by Crippen LogP contribution is 2.61. The Morgan fingerprint density at radius 3 is 2.11 bits per heavy atom. The highest BCUT2D eigenvalue weighted by molar-refractivity contribution is 7.27. The third-order valence-electron chi connectivity index (χ3n) is 5.74. The Bertz CT molecular complexity index is 1520. The summed E-state index contributed by atoms with van der Waals surface area (Å²) in [6.45, 7) is 0.284. The number of rotatable bonds is 7. The summed E-state index contributed by atoms with van der Waals surface area (Å²) in [5.41, 5.74) is 0.343. The fraction of sp³-hybridized carbons (Fsp3) is 0.259. The molecule has 8 nitrogen and oxygen atoms in total. The van der Waals surface area contributed by atoms with E-state index in [9.17, 15) is 10.2 Å². The lowest BCUT2D eigenvalue weighted by Gasteiger charge is -2.24. The van der Waals surface area contributed by atoms with Crippen LogP contribution in [0, 0.1) is 11.8 Å². The lowest BCUT2D eigenvalue weighted by atomic mass is 10.1. The van der Waals surface area contributed by atoms with Crippen LogP contribution >= 0.6 is 34.0 Å². The zero-order valence-corrected chi connectivity index (χ0v) is 23.4. The van der Waals surface area contributed by atoms with Crippen LogP contribution in [0.1, 0.15) is 12.0 Å². The standard InChI is InChI=1S/C27H24O8S3/c1-30-18-12-36-24(20(18)32-3)26-22-23(27(38-26)25-21(33-4)19(31-2)13-37-25)35-16(11-34-22)7-5-6-14-10-15(28)8-9-17(14)29/h8-10,12-13,16,28-29H,7,11H2,1-4H3. The van der Waals surface area contributed by atoms with Crippen molar-refractivity contribution < 1.29 is 38.6 Å². The van der Waals surface area contributed by atoms with Gasteiger partial charge in [-0.1, -0.05) is 11.8 Å². The quantitative estimate of drug-likeness (QED) is 0.199. The van der Waals surface area contributed by atoms with Gasteiger partial charge in [-0.3, -0.25) is 0 Å². The Morgan fingerprint density at radius 1 is 0.868 bits per heavy atom. The van der Waals surface area contributed by atoms with Gasteiger partial charge in [-0.05, 0) is 18.2 Å². The molecule has 1 aliphatic rings. The fourth-order valence-corrected chi connectivity index (χ4v) is 7.37. The first-order valence-corrected chi connectivity index (χ1v) is 13.9. The van der Waals surface area contributed by atoms with Gasteiger partial charge in [-0.15, -0.1) is 34.0 Å². The second kappa shape index (κ2) is 10.9. The van der Waals surface area contributed by atoms with Crippen LogP contribution in [0.2, 0.25) is 0 Å². The molecule has 0 bridgehead atoms. The van der Waals surface area contributed by atoms with E-state index in [1.165, 1.54) is 52.2 Å². The topological polar surface area (TPSA) is 95.8 Å². The zero-order chi connectivity index (χ0) is 26.8. The van der Waals surface area contributed by atoms with Gasteiger partial charge in [0.15, 0.2) is 34.5 Å². The second-order valence-electron chi connectivity index (χ2n) is 8.01. The molecular formula is C27H24O8S3. The second-order valence-corrected chi connectivity index (χ2v) is 10.8. The number of aromatic hydroxyl groups is 2. The predicted octanol–water partition coefficient (Wildman–Crippen LogP) is 6.23. The van der Waals surface area contributed by atoms with Crippen LogP contribution in [0.15, 0.2) is 29.0 Å². The number of thiophene rings is 3. The van der Waals surface area contributed by atoms with Crippen molar-refractivity contribution in [2.45, 2.75) is 12.5 Å². The van der Waals surface area contributed by atoms with Crippen LogP contribution in [0.5, 0.6) is 46.0 Å². The van der Waals surface area contributed by atoms with Crippen molar-refractivity contribution in [2.75, 3.05) is 35.0 Å². The number of phenolic OH excluding ortho intramolecular Hbond substituents is 2. The van der Waals surface area contributed by atoms with Crippen LogP contribution in [-0.2, 0) is 0 Å². The molecule has 4 heterocycles. The van der Waals surface area contributed by atoms with Crippen LogP contribution in [-0.4, -0.2) is 51.4 Å². The van der Waals surface area contributed by atoms with Crippen molar-refractivity contribution >= 4 is 34.0 Å². The summed E-state index contributed by atoms with van der Waals surface area (Å²) in [7, 11) is 6.42. The third-order valence-corrected chi connectivity index (χ3v) is 9.10. The minimum absolute atomic E-state index is 0.00206. The fourth-order valence-electron chi connectivity index (χ4n) is 3.94. The Balaban J connectivity index is 1.54. The van der Waals surface area contributed by atoms with Gasteiger partial charge in [0, 0.05) is 17.2 Å². The molecule has 1 unspecified atom stereocenters. The van der Waals surface area contributed by atoms with E-state index in [4.69, 9.17) is 28.4 Å².